The normalized spacial score (nSPS) is 17.1. The van der Waals surface area contributed by atoms with E-state index in [4.69, 9.17) is 5.73 Å². The Morgan fingerprint density at radius 1 is 0.912 bits per heavy atom. The zero-order chi connectivity index (χ0) is 23.5. The van der Waals surface area contributed by atoms with Gasteiger partial charge in [0.25, 0.3) is 0 Å². The average molecular weight is 477 g/mol. The van der Waals surface area contributed by atoms with Crippen LogP contribution in [0.1, 0.15) is 29.6 Å². The fourth-order valence-corrected chi connectivity index (χ4v) is 5.66. The zero-order valence-corrected chi connectivity index (χ0v) is 20.5. The number of carbonyl (C=O) groups excluding carboxylic acids is 1. The van der Waals surface area contributed by atoms with Crippen LogP contribution in [0.25, 0.3) is 10.4 Å². The summed E-state index contributed by atoms with van der Waals surface area (Å²) < 4.78 is 0. The smallest absolute Gasteiger partial charge is 0.189 e. The molecule has 7 nitrogen and oxygen atoms in total. The van der Waals surface area contributed by atoms with Crippen LogP contribution in [-0.2, 0) is 0 Å². The highest BCUT2D eigenvalue weighted by molar-refractivity contribution is 7.19. The van der Waals surface area contributed by atoms with Crippen molar-refractivity contribution in [2.45, 2.75) is 19.3 Å². The van der Waals surface area contributed by atoms with E-state index in [-0.39, 0.29) is 0 Å². The lowest BCUT2D eigenvalue weighted by atomic mass is 10.0. The minimum absolute atomic E-state index is 0.445. The van der Waals surface area contributed by atoms with Crippen LogP contribution < -0.4 is 20.9 Å². The number of carbonyl (C=O) groups is 1. The van der Waals surface area contributed by atoms with Crippen LogP contribution in [0.2, 0.25) is 0 Å². The Kier molecular flexibility index (Phi) is 6.69. The Morgan fingerprint density at radius 2 is 1.59 bits per heavy atom. The first kappa shape index (κ1) is 22.7. The number of rotatable bonds is 6. The quantitative estimate of drug-likeness (QED) is 0.500. The first-order valence-corrected chi connectivity index (χ1v) is 12.8. The summed E-state index contributed by atoms with van der Waals surface area (Å²) in [6.07, 6.45) is 4.59. The summed E-state index contributed by atoms with van der Waals surface area (Å²) in [5.74, 6) is 0.445. The van der Waals surface area contributed by atoms with E-state index in [9.17, 15) is 4.79 Å². The van der Waals surface area contributed by atoms with Gasteiger partial charge in [0.2, 0.25) is 0 Å². The minimum atomic E-state index is 0.445. The van der Waals surface area contributed by atoms with Gasteiger partial charge in [0, 0.05) is 67.5 Å². The van der Waals surface area contributed by atoms with Gasteiger partial charge in [-0.15, -0.1) is 0 Å². The number of nitrogens with one attached hydrogen (secondary N) is 1. The largest absolute Gasteiger partial charge is 0.382 e. The fourth-order valence-electron chi connectivity index (χ4n) is 4.71. The van der Waals surface area contributed by atoms with Gasteiger partial charge in [0.15, 0.2) is 11.4 Å². The Bertz CT molecular complexity index is 1130. The highest BCUT2D eigenvalue weighted by Crippen LogP contribution is 2.39. The van der Waals surface area contributed by atoms with E-state index in [0.29, 0.717) is 11.4 Å². The van der Waals surface area contributed by atoms with E-state index >= 15 is 0 Å². The fraction of sp³-hybridized carbons (Fsp3) is 0.385. The Balaban J connectivity index is 1.34. The number of nitrogens with two attached hydrogens (primary N) is 1. The maximum Gasteiger partial charge on any atom is 0.189 e. The van der Waals surface area contributed by atoms with Crippen LogP contribution in [0.15, 0.2) is 42.5 Å². The lowest BCUT2D eigenvalue weighted by molar-refractivity contribution is 0.112. The van der Waals surface area contributed by atoms with Gasteiger partial charge >= 0.3 is 0 Å². The molecule has 2 fully saturated rings. The molecule has 0 radical (unpaired) electrons. The van der Waals surface area contributed by atoms with E-state index in [0.717, 1.165) is 72.5 Å². The predicted molar refractivity (Wildman–Crippen MR) is 143 cm³/mol. The molecule has 2 aromatic carbocycles. The first-order chi connectivity index (χ1) is 16.6. The van der Waals surface area contributed by atoms with Crippen molar-refractivity contribution in [3.63, 3.8) is 0 Å². The monoisotopic (exact) mass is 476 g/mol. The van der Waals surface area contributed by atoms with E-state index in [1.807, 2.05) is 12.1 Å². The van der Waals surface area contributed by atoms with Crippen molar-refractivity contribution < 1.29 is 4.79 Å². The van der Waals surface area contributed by atoms with E-state index in [2.05, 4.69) is 62.4 Å². The second kappa shape index (κ2) is 10.0. The Hall–Kier alpha value is -3.10. The summed E-state index contributed by atoms with van der Waals surface area (Å²) in [6.45, 7) is 6.37. The summed E-state index contributed by atoms with van der Waals surface area (Å²) in [4.78, 5) is 24.3. The van der Waals surface area contributed by atoms with Crippen molar-refractivity contribution in [2.24, 2.45) is 0 Å². The lowest BCUT2D eigenvalue weighted by Gasteiger charge is -2.34. The van der Waals surface area contributed by atoms with Crippen LogP contribution in [-0.4, -0.2) is 62.5 Å². The number of nitrogen functional groups attached to an aromatic ring is 1. The number of piperidine rings is 1. The molecule has 0 unspecified atom stereocenters. The highest BCUT2D eigenvalue weighted by atomic mass is 32.1. The van der Waals surface area contributed by atoms with Crippen molar-refractivity contribution in [3.8, 4) is 10.4 Å². The number of hydrogen-bond donors (Lipinski definition) is 2. The maximum absolute atomic E-state index is 11.8. The average Bonchev–Trinajstić information content (AvgIpc) is 3.24. The third-order valence-corrected chi connectivity index (χ3v) is 7.79. The molecule has 2 aliphatic rings. The highest BCUT2D eigenvalue weighted by Gasteiger charge is 2.18. The van der Waals surface area contributed by atoms with Crippen molar-refractivity contribution in [2.75, 3.05) is 67.2 Å². The minimum Gasteiger partial charge on any atom is -0.382 e. The number of piperazine rings is 1. The molecule has 0 aliphatic carbocycles. The van der Waals surface area contributed by atoms with Crippen LogP contribution in [0.4, 0.5) is 28.0 Å². The zero-order valence-electron chi connectivity index (χ0n) is 19.7. The van der Waals surface area contributed by atoms with Gasteiger partial charge in [-0.25, -0.2) is 4.98 Å². The lowest BCUT2D eigenvalue weighted by Crippen LogP contribution is -2.44. The van der Waals surface area contributed by atoms with Gasteiger partial charge in [0.05, 0.1) is 4.88 Å². The molecule has 3 aromatic rings. The van der Waals surface area contributed by atoms with E-state index in [1.54, 1.807) is 0 Å². The molecule has 8 heteroatoms. The standard InChI is InChI=1S/C26H32N6OS/c1-30-13-15-32(16-14-30)21-9-6-20(7-10-21)28-26-29-25(27)24(34-26)23-17-22(8-5-19(23)18-33)31-11-3-2-4-12-31/h5-10,17-18H,2-4,11-16,27H2,1H3,(H,28,29). The number of likely N-dealkylation sites (N-methyl/N-ethyl adjacent to an activating group) is 1. The van der Waals surface area contributed by atoms with Gasteiger partial charge in [-0.3, -0.25) is 4.79 Å². The Labute approximate surface area is 205 Å². The molecule has 3 N–H and O–H groups in total. The van der Waals surface area contributed by atoms with Gasteiger partial charge < -0.3 is 25.8 Å². The number of nitrogens with zero attached hydrogens (tertiary/aromatic N) is 4. The number of aldehydes is 1. The predicted octanol–water partition coefficient (Wildman–Crippen LogP) is 4.69. The van der Waals surface area contributed by atoms with Crippen molar-refractivity contribution >= 4 is 45.6 Å². The number of anilines is 5. The van der Waals surface area contributed by atoms with Crippen molar-refractivity contribution in [1.29, 1.82) is 0 Å². The molecule has 0 spiro atoms. The summed E-state index contributed by atoms with van der Waals surface area (Å²) in [6, 6.07) is 14.5. The molecule has 2 aliphatic heterocycles. The molecule has 0 saturated carbocycles. The van der Waals surface area contributed by atoms with Crippen LogP contribution in [0, 0.1) is 0 Å². The molecule has 1 aromatic heterocycles. The number of benzene rings is 2. The summed E-state index contributed by atoms with van der Waals surface area (Å²) >= 11 is 1.48. The van der Waals surface area contributed by atoms with E-state index < -0.39 is 0 Å². The second-order valence-electron chi connectivity index (χ2n) is 9.13. The summed E-state index contributed by atoms with van der Waals surface area (Å²) in [5.41, 5.74) is 11.2. The molecule has 34 heavy (non-hydrogen) atoms. The van der Waals surface area contributed by atoms with Crippen molar-refractivity contribution in [3.05, 3.63) is 48.0 Å². The topological polar surface area (TPSA) is 77.7 Å². The molecular formula is C26H32N6OS. The molecule has 0 bridgehead atoms. The summed E-state index contributed by atoms with van der Waals surface area (Å²) in [7, 11) is 2.17. The van der Waals surface area contributed by atoms with Gasteiger partial charge in [-0.05, 0) is 68.8 Å². The number of hydrogen-bond acceptors (Lipinski definition) is 8. The van der Waals surface area contributed by atoms with E-state index in [1.165, 1.54) is 36.3 Å². The van der Waals surface area contributed by atoms with Gasteiger partial charge in [-0.2, -0.15) is 0 Å². The molecule has 178 valence electrons. The van der Waals surface area contributed by atoms with Gasteiger partial charge in [-0.1, -0.05) is 11.3 Å². The molecular weight excluding hydrogens is 444 g/mol. The molecule has 5 rings (SSSR count). The van der Waals surface area contributed by atoms with Crippen LogP contribution in [0.5, 0.6) is 0 Å². The third-order valence-electron chi connectivity index (χ3n) is 6.77. The Morgan fingerprint density at radius 3 is 2.29 bits per heavy atom. The number of aromatic nitrogens is 1. The molecule has 0 amide bonds. The number of thiazole rings is 1. The van der Waals surface area contributed by atoms with Gasteiger partial charge in [0.1, 0.15) is 5.82 Å². The molecule has 2 saturated heterocycles. The maximum atomic E-state index is 11.8. The van der Waals surface area contributed by atoms with Crippen molar-refractivity contribution in [1.82, 2.24) is 9.88 Å². The SMILES string of the molecule is CN1CCN(c2ccc(Nc3nc(N)c(-c4cc(N5CCCCC5)ccc4C=O)s3)cc2)CC1. The second-order valence-corrected chi connectivity index (χ2v) is 10.1. The first-order valence-electron chi connectivity index (χ1n) is 12.0. The third kappa shape index (κ3) is 4.88. The van der Waals surface area contributed by atoms with Crippen LogP contribution >= 0.6 is 11.3 Å². The molecule has 3 heterocycles. The van der Waals surface area contributed by atoms with Crippen LogP contribution in [0.3, 0.4) is 0 Å². The molecule has 0 atom stereocenters. The summed E-state index contributed by atoms with van der Waals surface area (Å²) in [5, 5.41) is 4.11.